The number of carbonyl (C=O) groups excluding carboxylic acids is 1. The van der Waals surface area contributed by atoms with Crippen molar-refractivity contribution in [2.45, 2.75) is 52.2 Å². The fourth-order valence-corrected chi connectivity index (χ4v) is 1.80. The molecule has 0 aliphatic heterocycles. The zero-order valence-electron chi connectivity index (χ0n) is 12.7. The molecule has 1 aromatic rings. The van der Waals surface area contributed by atoms with Crippen molar-refractivity contribution in [3.8, 4) is 5.75 Å². The summed E-state index contributed by atoms with van der Waals surface area (Å²) in [6, 6.07) is 7.56. The smallest absolute Gasteiger partial charge is 0.261 e. The minimum atomic E-state index is -0.585. The molecule has 1 amide bonds. The second kappa shape index (κ2) is 7.90. The highest BCUT2D eigenvalue weighted by Gasteiger charge is 2.17. The monoisotopic (exact) mass is 279 g/mol. The van der Waals surface area contributed by atoms with E-state index in [9.17, 15) is 4.79 Å². The minimum absolute atomic E-state index is 0.0577. The average molecular weight is 279 g/mol. The second-order valence-corrected chi connectivity index (χ2v) is 5.28. The van der Waals surface area contributed by atoms with Gasteiger partial charge in [0, 0.05) is 0 Å². The molecule has 0 spiro atoms. The SMILES string of the molecule is CCC(CO)NC(=O)C(C)Oc1cccc(C(C)C)c1. The van der Waals surface area contributed by atoms with E-state index in [1.807, 2.05) is 31.2 Å². The molecule has 20 heavy (non-hydrogen) atoms. The van der Waals surface area contributed by atoms with Gasteiger partial charge < -0.3 is 15.2 Å². The van der Waals surface area contributed by atoms with E-state index in [1.54, 1.807) is 6.92 Å². The number of nitrogens with one attached hydrogen (secondary N) is 1. The van der Waals surface area contributed by atoms with Crippen molar-refractivity contribution in [1.82, 2.24) is 5.32 Å². The maximum atomic E-state index is 11.9. The van der Waals surface area contributed by atoms with Crippen molar-refractivity contribution in [2.24, 2.45) is 0 Å². The van der Waals surface area contributed by atoms with Crippen LogP contribution in [0.5, 0.6) is 5.75 Å². The van der Waals surface area contributed by atoms with Crippen LogP contribution < -0.4 is 10.1 Å². The lowest BCUT2D eigenvalue weighted by atomic mass is 10.0. The van der Waals surface area contributed by atoms with Crippen LogP contribution in [0.3, 0.4) is 0 Å². The number of hydrogen-bond donors (Lipinski definition) is 2. The van der Waals surface area contributed by atoms with Crippen LogP contribution in [-0.2, 0) is 4.79 Å². The van der Waals surface area contributed by atoms with Crippen LogP contribution in [0.4, 0.5) is 0 Å². The van der Waals surface area contributed by atoms with E-state index < -0.39 is 6.10 Å². The zero-order chi connectivity index (χ0) is 15.1. The molecule has 4 nitrogen and oxygen atoms in total. The van der Waals surface area contributed by atoms with Crippen molar-refractivity contribution in [3.05, 3.63) is 29.8 Å². The number of amides is 1. The molecule has 0 saturated heterocycles. The summed E-state index contributed by atoms with van der Waals surface area (Å²) in [5.41, 5.74) is 1.18. The first-order valence-corrected chi connectivity index (χ1v) is 7.15. The van der Waals surface area contributed by atoms with Gasteiger partial charge >= 0.3 is 0 Å². The molecule has 1 rings (SSSR count). The predicted molar refractivity (Wildman–Crippen MR) is 79.9 cm³/mol. The van der Waals surface area contributed by atoms with E-state index in [0.717, 1.165) is 0 Å². The molecule has 0 saturated carbocycles. The van der Waals surface area contributed by atoms with Gasteiger partial charge in [-0.05, 0) is 37.0 Å². The normalized spacial score (nSPS) is 13.9. The molecule has 0 heterocycles. The zero-order valence-corrected chi connectivity index (χ0v) is 12.7. The third kappa shape index (κ3) is 4.85. The molecule has 0 aromatic heterocycles. The molecule has 0 radical (unpaired) electrons. The lowest BCUT2D eigenvalue weighted by Gasteiger charge is -2.19. The Kier molecular flexibility index (Phi) is 6.52. The highest BCUT2D eigenvalue weighted by molar-refractivity contribution is 5.81. The van der Waals surface area contributed by atoms with Crippen molar-refractivity contribution in [1.29, 1.82) is 0 Å². The maximum absolute atomic E-state index is 11.9. The fraction of sp³-hybridized carbons (Fsp3) is 0.562. The summed E-state index contributed by atoms with van der Waals surface area (Å²) in [4.78, 5) is 11.9. The summed E-state index contributed by atoms with van der Waals surface area (Å²) in [5.74, 6) is 0.901. The first kappa shape index (κ1) is 16.5. The van der Waals surface area contributed by atoms with E-state index in [4.69, 9.17) is 9.84 Å². The van der Waals surface area contributed by atoms with Gasteiger partial charge in [-0.15, -0.1) is 0 Å². The quantitative estimate of drug-likeness (QED) is 0.806. The lowest BCUT2D eigenvalue weighted by molar-refractivity contribution is -0.128. The van der Waals surface area contributed by atoms with Gasteiger partial charge in [0.15, 0.2) is 6.10 Å². The standard InChI is InChI=1S/C16H25NO3/c1-5-14(10-18)17-16(19)12(4)20-15-8-6-7-13(9-15)11(2)3/h6-9,11-12,14,18H,5,10H2,1-4H3,(H,17,19). The molecule has 2 N–H and O–H groups in total. The van der Waals surface area contributed by atoms with Gasteiger partial charge in [-0.25, -0.2) is 0 Å². The Balaban J connectivity index is 2.63. The number of hydrogen-bond acceptors (Lipinski definition) is 3. The molecule has 112 valence electrons. The van der Waals surface area contributed by atoms with Crippen LogP contribution in [0.1, 0.15) is 45.6 Å². The molecule has 1 aromatic carbocycles. The maximum Gasteiger partial charge on any atom is 0.261 e. The van der Waals surface area contributed by atoms with Gasteiger partial charge in [0.1, 0.15) is 5.75 Å². The van der Waals surface area contributed by atoms with Gasteiger partial charge in [0.05, 0.1) is 12.6 Å². The lowest BCUT2D eigenvalue weighted by Crippen LogP contribution is -2.43. The Hall–Kier alpha value is -1.55. The first-order chi connectivity index (χ1) is 9.47. The van der Waals surface area contributed by atoms with E-state index >= 15 is 0 Å². The van der Waals surface area contributed by atoms with Crippen molar-refractivity contribution >= 4 is 5.91 Å². The van der Waals surface area contributed by atoms with E-state index in [1.165, 1.54) is 5.56 Å². The second-order valence-electron chi connectivity index (χ2n) is 5.28. The topological polar surface area (TPSA) is 58.6 Å². The average Bonchev–Trinajstić information content (AvgIpc) is 2.44. The number of aliphatic hydroxyl groups is 1. The van der Waals surface area contributed by atoms with Gasteiger partial charge in [-0.2, -0.15) is 0 Å². The highest BCUT2D eigenvalue weighted by atomic mass is 16.5. The van der Waals surface area contributed by atoms with Crippen molar-refractivity contribution in [2.75, 3.05) is 6.61 Å². The highest BCUT2D eigenvalue weighted by Crippen LogP contribution is 2.21. The summed E-state index contributed by atoms with van der Waals surface area (Å²) >= 11 is 0. The first-order valence-electron chi connectivity index (χ1n) is 7.15. The van der Waals surface area contributed by atoms with Crippen LogP contribution >= 0.6 is 0 Å². The van der Waals surface area contributed by atoms with E-state index in [-0.39, 0.29) is 18.6 Å². The molecular formula is C16H25NO3. The minimum Gasteiger partial charge on any atom is -0.481 e. The number of ether oxygens (including phenoxy) is 1. The van der Waals surface area contributed by atoms with Gasteiger partial charge in [0.2, 0.25) is 0 Å². The Labute approximate surface area is 121 Å². The van der Waals surface area contributed by atoms with Crippen molar-refractivity contribution < 1.29 is 14.6 Å². The van der Waals surface area contributed by atoms with Gasteiger partial charge in [-0.1, -0.05) is 32.9 Å². The number of carbonyl (C=O) groups is 1. The van der Waals surface area contributed by atoms with E-state index in [0.29, 0.717) is 18.1 Å². The number of benzene rings is 1. The Morgan fingerprint density at radius 2 is 2.05 bits per heavy atom. The van der Waals surface area contributed by atoms with E-state index in [2.05, 4.69) is 19.2 Å². The molecule has 0 aliphatic carbocycles. The molecular weight excluding hydrogens is 254 g/mol. The van der Waals surface area contributed by atoms with Gasteiger partial charge in [0.25, 0.3) is 5.91 Å². The van der Waals surface area contributed by atoms with Crippen LogP contribution in [0.15, 0.2) is 24.3 Å². The third-order valence-electron chi connectivity index (χ3n) is 3.27. The fourth-order valence-electron chi connectivity index (χ4n) is 1.80. The molecule has 2 unspecified atom stereocenters. The third-order valence-corrected chi connectivity index (χ3v) is 3.27. The van der Waals surface area contributed by atoms with Crippen LogP contribution in [0, 0.1) is 0 Å². The molecule has 2 atom stereocenters. The summed E-state index contributed by atoms with van der Waals surface area (Å²) in [6.45, 7) is 7.79. The number of aliphatic hydroxyl groups excluding tert-OH is 1. The summed E-state index contributed by atoms with van der Waals surface area (Å²) < 4.78 is 5.66. The molecule has 0 bridgehead atoms. The summed E-state index contributed by atoms with van der Waals surface area (Å²) in [5, 5.41) is 11.8. The summed E-state index contributed by atoms with van der Waals surface area (Å²) in [7, 11) is 0. The van der Waals surface area contributed by atoms with Crippen LogP contribution in [0.2, 0.25) is 0 Å². The van der Waals surface area contributed by atoms with Crippen LogP contribution in [0.25, 0.3) is 0 Å². The molecule has 4 heteroatoms. The Morgan fingerprint density at radius 3 is 2.60 bits per heavy atom. The molecule has 0 fully saturated rings. The number of rotatable bonds is 7. The summed E-state index contributed by atoms with van der Waals surface area (Å²) in [6.07, 6.45) is 0.107. The Morgan fingerprint density at radius 1 is 1.35 bits per heavy atom. The van der Waals surface area contributed by atoms with Crippen LogP contribution in [-0.4, -0.2) is 29.8 Å². The Bertz CT molecular complexity index is 427. The van der Waals surface area contributed by atoms with Gasteiger partial charge in [-0.3, -0.25) is 4.79 Å². The van der Waals surface area contributed by atoms with Crippen molar-refractivity contribution in [3.63, 3.8) is 0 Å². The predicted octanol–water partition coefficient (Wildman–Crippen LogP) is 2.46. The largest absolute Gasteiger partial charge is 0.481 e. The molecule has 0 aliphatic rings.